The number of rotatable bonds is 3. The Morgan fingerprint density at radius 1 is 1.00 bits per heavy atom. The monoisotopic (exact) mass is 346 g/mol. The zero-order valence-electron chi connectivity index (χ0n) is 14.1. The van der Waals surface area contributed by atoms with E-state index in [1.807, 2.05) is 48.5 Å². The first kappa shape index (κ1) is 16.1. The lowest BCUT2D eigenvalue weighted by Gasteiger charge is -2.30. The summed E-state index contributed by atoms with van der Waals surface area (Å²) in [5.74, 6) is -0.0901. The summed E-state index contributed by atoms with van der Waals surface area (Å²) in [5.41, 5.74) is 3.25. The zero-order valence-corrected chi connectivity index (χ0v) is 14.1. The van der Waals surface area contributed by atoms with Gasteiger partial charge in [0.25, 0.3) is 11.8 Å². The van der Waals surface area contributed by atoms with Gasteiger partial charge in [-0.05, 0) is 54.8 Å². The molecule has 26 heavy (non-hydrogen) atoms. The van der Waals surface area contributed by atoms with Crippen molar-refractivity contribution >= 4 is 23.2 Å². The quantitative estimate of drug-likeness (QED) is 0.776. The molecule has 0 bridgehead atoms. The number of carbonyl (C=O) groups is 2. The van der Waals surface area contributed by atoms with Crippen LogP contribution >= 0.6 is 0 Å². The minimum atomic E-state index is -0.313. The maximum absolute atomic E-state index is 12.9. The van der Waals surface area contributed by atoms with E-state index < -0.39 is 0 Å². The van der Waals surface area contributed by atoms with Crippen molar-refractivity contribution < 1.29 is 14.0 Å². The second-order valence-corrected chi connectivity index (χ2v) is 6.20. The number of hydrogen-bond donors (Lipinski definition) is 1. The fourth-order valence-electron chi connectivity index (χ4n) is 3.20. The fraction of sp³-hybridized carbons (Fsp3) is 0.143. The molecule has 2 heterocycles. The lowest BCUT2D eigenvalue weighted by Crippen LogP contribution is -2.35. The molecule has 0 spiro atoms. The normalized spacial score (nSPS) is 13.2. The number of benzene rings is 2. The summed E-state index contributed by atoms with van der Waals surface area (Å²) in [6.07, 6.45) is 3.30. The van der Waals surface area contributed by atoms with Gasteiger partial charge in [-0.3, -0.25) is 9.59 Å². The van der Waals surface area contributed by atoms with E-state index in [-0.39, 0.29) is 17.6 Å². The zero-order chi connectivity index (χ0) is 17.9. The topological polar surface area (TPSA) is 62.6 Å². The van der Waals surface area contributed by atoms with E-state index in [2.05, 4.69) is 5.32 Å². The molecule has 0 saturated heterocycles. The van der Waals surface area contributed by atoms with Gasteiger partial charge in [-0.1, -0.05) is 24.3 Å². The number of nitrogens with zero attached hydrogens (tertiary/aromatic N) is 1. The van der Waals surface area contributed by atoms with Gasteiger partial charge in [-0.25, -0.2) is 0 Å². The molecule has 5 heteroatoms. The van der Waals surface area contributed by atoms with Gasteiger partial charge in [0.15, 0.2) is 5.76 Å². The highest BCUT2D eigenvalue weighted by molar-refractivity contribution is 6.07. The summed E-state index contributed by atoms with van der Waals surface area (Å²) in [7, 11) is 0. The van der Waals surface area contributed by atoms with Crippen molar-refractivity contribution in [1.29, 1.82) is 0 Å². The predicted molar refractivity (Wildman–Crippen MR) is 99.5 cm³/mol. The molecule has 1 aliphatic heterocycles. The molecule has 0 fully saturated rings. The molecule has 0 atom stereocenters. The number of amides is 2. The van der Waals surface area contributed by atoms with Crippen LogP contribution in [-0.2, 0) is 6.42 Å². The summed E-state index contributed by atoms with van der Waals surface area (Å²) < 4.78 is 5.12. The van der Waals surface area contributed by atoms with Gasteiger partial charge < -0.3 is 14.6 Å². The third kappa shape index (κ3) is 3.11. The van der Waals surface area contributed by atoms with Gasteiger partial charge in [0.1, 0.15) is 0 Å². The Morgan fingerprint density at radius 2 is 1.85 bits per heavy atom. The van der Waals surface area contributed by atoms with Gasteiger partial charge in [0.05, 0.1) is 6.26 Å². The maximum atomic E-state index is 12.9. The number of fused-ring (bicyclic) bond motifs is 1. The largest absolute Gasteiger partial charge is 0.459 e. The van der Waals surface area contributed by atoms with E-state index in [1.165, 1.54) is 6.26 Å². The van der Waals surface area contributed by atoms with Crippen LogP contribution in [0.25, 0.3) is 0 Å². The molecule has 0 unspecified atom stereocenters. The smallest absolute Gasteiger partial charge is 0.291 e. The highest BCUT2D eigenvalue weighted by atomic mass is 16.3. The molecule has 0 aliphatic carbocycles. The minimum absolute atomic E-state index is 0.0268. The standard InChI is InChI=1S/C21H18N2O3/c24-20(19-9-5-13-26-19)22-17-11-10-15-8-4-12-23(18(15)14-17)21(25)16-6-2-1-3-7-16/h1-3,5-7,9-11,13-14H,4,8,12H2,(H,22,24). The molecule has 4 rings (SSSR count). The molecular weight excluding hydrogens is 328 g/mol. The molecule has 2 aromatic carbocycles. The average molecular weight is 346 g/mol. The van der Waals surface area contributed by atoms with Crippen LogP contribution < -0.4 is 10.2 Å². The van der Waals surface area contributed by atoms with Gasteiger partial charge in [0, 0.05) is 23.5 Å². The lowest BCUT2D eigenvalue weighted by atomic mass is 10.00. The second kappa shape index (κ2) is 6.88. The first-order valence-corrected chi connectivity index (χ1v) is 8.57. The Kier molecular flexibility index (Phi) is 4.27. The van der Waals surface area contributed by atoms with Crippen LogP contribution in [0.2, 0.25) is 0 Å². The summed E-state index contributed by atoms with van der Waals surface area (Å²) in [4.78, 5) is 26.9. The molecule has 3 aromatic rings. The average Bonchev–Trinajstić information content (AvgIpc) is 3.23. The Hall–Kier alpha value is -3.34. The van der Waals surface area contributed by atoms with E-state index in [1.54, 1.807) is 17.0 Å². The molecular formula is C21H18N2O3. The van der Waals surface area contributed by atoms with Crippen molar-refractivity contribution in [1.82, 2.24) is 0 Å². The van der Waals surface area contributed by atoms with E-state index in [0.29, 0.717) is 17.8 Å². The van der Waals surface area contributed by atoms with Crippen LogP contribution in [0.15, 0.2) is 71.3 Å². The third-order valence-electron chi connectivity index (χ3n) is 4.47. The first-order valence-electron chi connectivity index (χ1n) is 8.57. The van der Waals surface area contributed by atoms with Crippen molar-refractivity contribution in [3.8, 4) is 0 Å². The molecule has 130 valence electrons. The van der Waals surface area contributed by atoms with Crippen molar-refractivity contribution in [2.45, 2.75) is 12.8 Å². The van der Waals surface area contributed by atoms with Crippen molar-refractivity contribution in [2.75, 3.05) is 16.8 Å². The fourth-order valence-corrected chi connectivity index (χ4v) is 3.20. The first-order chi connectivity index (χ1) is 12.7. The number of aryl methyl sites for hydroxylation is 1. The van der Waals surface area contributed by atoms with Crippen LogP contribution in [0.3, 0.4) is 0 Å². The van der Waals surface area contributed by atoms with Crippen molar-refractivity contribution in [2.24, 2.45) is 0 Å². The summed E-state index contributed by atoms with van der Waals surface area (Å²) >= 11 is 0. The summed E-state index contributed by atoms with van der Waals surface area (Å²) in [6.45, 7) is 0.663. The molecule has 2 amide bonds. The minimum Gasteiger partial charge on any atom is -0.459 e. The van der Waals surface area contributed by atoms with Crippen LogP contribution in [0.5, 0.6) is 0 Å². The highest BCUT2D eigenvalue weighted by Gasteiger charge is 2.24. The van der Waals surface area contributed by atoms with Crippen LogP contribution in [0, 0.1) is 0 Å². The Balaban J connectivity index is 1.62. The number of hydrogen-bond acceptors (Lipinski definition) is 3. The Bertz CT molecular complexity index is 933. The van der Waals surface area contributed by atoms with E-state index in [0.717, 1.165) is 24.1 Å². The van der Waals surface area contributed by atoms with Gasteiger partial charge >= 0.3 is 0 Å². The molecule has 1 aromatic heterocycles. The lowest BCUT2D eigenvalue weighted by molar-refractivity contribution is 0.0982. The van der Waals surface area contributed by atoms with E-state index in [4.69, 9.17) is 4.42 Å². The van der Waals surface area contributed by atoms with Crippen LogP contribution in [-0.4, -0.2) is 18.4 Å². The van der Waals surface area contributed by atoms with Gasteiger partial charge in [-0.2, -0.15) is 0 Å². The van der Waals surface area contributed by atoms with E-state index >= 15 is 0 Å². The molecule has 1 aliphatic rings. The highest BCUT2D eigenvalue weighted by Crippen LogP contribution is 2.31. The number of anilines is 2. The molecule has 1 N–H and O–H groups in total. The number of carbonyl (C=O) groups excluding carboxylic acids is 2. The summed E-state index contributed by atoms with van der Waals surface area (Å²) in [5, 5.41) is 2.82. The van der Waals surface area contributed by atoms with Crippen molar-refractivity contribution in [3.63, 3.8) is 0 Å². The third-order valence-corrected chi connectivity index (χ3v) is 4.47. The molecule has 0 saturated carbocycles. The predicted octanol–water partition coefficient (Wildman–Crippen LogP) is 4.12. The maximum Gasteiger partial charge on any atom is 0.291 e. The number of furan rings is 1. The van der Waals surface area contributed by atoms with Crippen LogP contribution in [0.4, 0.5) is 11.4 Å². The Morgan fingerprint density at radius 3 is 2.62 bits per heavy atom. The molecule has 5 nitrogen and oxygen atoms in total. The van der Waals surface area contributed by atoms with E-state index in [9.17, 15) is 9.59 Å². The Labute approximate surface area is 151 Å². The molecule has 0 radical (unpaired) electrons. The second-order valence-electron chi connectivity index (χ2n) is 6.20. The van der Waals surface area contributed by atoms with Gasteiger partial charge in [0.2, 0.25) is 0 Å². The van der Waals surface area contributed by atoms with Gasteiger partial charge in [-0.15, -0.1) is 0 Å². The summed E-state index contributed by atoms with van der Waals surface area (Å²) in [6, 6.07) is 18.2. The van der Waals surface area contributed by atoms with Crippen molar-refractivity contribution in [3.05, 3.63) is 83.8 Å². The number of nitrogens with one attached hydrogen (secondary N) is 1. The SMILES string of the molecule is O=C(Nc1ccc2c(c1)N(C(=O)c1ccccc1)CCC2)c1ccco1. The van der Waals surface area contributed by atoms with Crippen LogP contribution in [0.1, 0.15) is 32.9 Å².